The van der Waals surface area contributed by atoms with E-state index in [1.165, 1.54) is 24.0 Å². The zero-order valence-corrected chi connectivity index (χ0v) is 7.09. The lowest BCUT2D eigenvalue weighted by Gasteiger charge is -2.23. The molecule has 0 aromatic rings. The molecule has 2 N–H and O–H groups in total. The largest absolute Gasteiger partial charge is 0.324 e. The lowest BCUT2D eigenvalue weighted by Crippen LogP contribution is -2.26. The lowest BCUT2D eigenvalue weighted by molar-refractivity contribution is 0.599. The molecule has 0 aliphatic heterocycles. The van der Waals surface area contributed by atoms with E-state index in [1.54, 1.807) is 0 Å². The predicted molar refractivity (Wildman–Crippen MR) is 50.6 cm³/mol. The van der Waals surface area contributed by atoms with Crippen molar-refractivity contribution in [2.75, 3.05) is 0 Å². The Kier molecular flexibility index (Phi) is 1.99. The summed E-state index contributed by atoms with van der Waals surface area (Å²) in [7, 11) is 0. The third-order valence-electron chi connectivity index (χ3n) is 2.47. The van der Waals surface area contributed by atoms with Gasteiger partial charge in [-0.25, -0.2) is 0 Å². The first-order valence-electron chi connectivity index (χ1n) is 4.46. The molecule has 1 nitrogen and oxygen atoms in total. The number of nitrogens with two attached hydrogens (primary N) is 1. The van der Waals surface area contributed by atoms with Crippen LogP contribution in [0.5, 0.6) is 0 Å². The SMILES string of the molecule is NC1CCCC2=CC=C=CC=C21. The van der Waals surface area contributed by atoms with Crippen LogP contribution in [0, 0.1) is 0 Å². The second kappa shape index (κ2) is 3.14. The van der Waals surface area contributed by atoms with Crippen LogP contribution in [0.3, 0.4) is 0 Å². The second-order valence-corrected chi connectivity index (χ2v) is 3.31. The molecule has 2 rings (SSSR count). The van der Waals surface area contributed by atoms with Crippen molar-refractivity contribution in [2.45, 2.75) is 25.3 Å². The molecule has 0 amide bonds. The summed E-state index contributed by atoms with van der Waals surface area (Å²) >= 11 is 0. The fraction of sp³-hybridized carbons (Fsp3) is 0.364. The highest BCUT2D eigenvalue weighted by atomic mass is 14.6. The van der Waals surface area contributed by atoms with Gasteiger partial charge in [-0.05, 0) is 48.6 Å². The molecule has 0 saturated heterocycles. The Morgan fingerprint density at radius 2 is 2.17 bits per heavy atom. The predicted octanol–water partition coefficient (Wildman–Crippen LogP) is 2.08. The number of hydrogen-bond acceptors (Lipinski definition) is 1. The van der Waals surface area contributed by atoms with Crippen LogP contribution >= 0.6 is 0 Å². The van der Waals surface area contributed by atoms with E-state index in [9.17, 15) is 0 Å². The van der Waals surface area contributed by atoms with Crippen LogP contribution in [0.15, 0.2) is 41.2 Å². The molecule has 2 aliphatic carbocycles. The first kappa shape index (κ1) is 7.60. The van der Waals surface area contributed by atoms with Crippen molar-refractivity contribution in [3.8, 4) is 0 Å². The first-order chi connectivity index (χ1) is 5.88. The molecule has 1 fully saturated rings. The van der Waals surface area contributed by atoms with Gasteiger partial charge < -0.3 is 5.73 Å². The van der Waals surface area contributed by atoms with Crippen LogP contribution in [0.1, 0.15) is 19.3 Å². The van der Waals surface area contributed by atoms with Gasteiger partial charge >= 0.3 is 0 Å². The minimum Gasteiger partial charge on any atom is -0.324 e. The van der Waals surface area contributed by atoms with Gasteiger partial charge in [-0.3, -0.25) is 0 Å². The Balaban J connectivity index is 2.36. The van der Waals surface area contributed by atoms with E-state index in [2.05, 4.69) is 17.9 Å². The molecule has 2 aliphatic rings. The van der Waals surface area contributed by atoms with E-state index < -0.39 is 0 Å². The van der Waals surface area contributed by atoms with Crippen molar-refractivity contribution in [3.63, 3.8) is 0 Å². The van der Waals surface area contributed by atoms with E-state index in [0.29, 0.717) is 0 Å². The molecule has 12 heavy (non-hydrogen) atoms. The Morgan fingerprint density at radius 3 is 3.08 bits per heavy atom. The minimum atomic E-state index is 0.245. The van der Waals surface area contributed by atoms with E-state index in [0.717, 1.165) is 6.42 Å². The van der Waals surface area contributed by atoms with E-state index in [4.69, 9.17) is 5.73 Å². The molecule has 62 valence electrons. The normalized spacial score (nSPS) is 27.2. The fourth-order valence-electron chi connectivity index (χ4n) is 1.80. The summed E-state index contributed by atoms with van der Waals surface area (Å²) in [4.78, 5) is 0. The van der Waals surface area contributed by atoms with Crippen LogP contribution in [0.4, 0.5) is 0 Å². The van der Waals surface area contributed by atoms with Crippen molar-refractivity contribution < 1.29 is 0 Å². The van der Waals surface area contributed by atoms with Crippen molar-refractivity contribution in [2.24, 2.45) is 5.73 Å². The Labute approximate surface area is 73.0 Å². The summed E-state index contributed by atoms with van der Waals surface area (Å²) in [6.45, 7) is 0. The zero-order valence-electron chi connectivity index (χ0n) is 7.09. The van der Waals surface area contributed by atoms with Gasteiger partial charge in [0.25, 0.3) is 0 Å². The van der Waals surface area contributed by atoms with Crippen molar-refractivity contribution >= 4 is 0 Å². The molecule has 1 unspecified atom stereocenters. The summed E-state index contributed by atoms with van der Waals surface area (Å²) in [5.74, 6) is 0. The molecule has 0 aromatic carbocycles. The summed E-state index contributed by atoms with van der Waals surface area (Å²) < 4.78 is 0. The summed E-state index contributed by atoms with van der Waals surface area (Å²) in [6.07, 6.45) is 11.7. The first-order valence-corrected chi connectivity index (χ1v) is 4.46. The Hall–Kier alpha value is -1.04. The van der Waals surface area contributed by atoms with Crippen molar-refractivity contribution in [3.05, 3.63) is 41.2 Å². The van der Waals surface area contributed by atoms with Gasteiger partial charge in [-0.2, -0.15) is 0 Å². The van der Waals surface area contributed by atoms with E-state index >= 15 is 0 Å². The van der Waals surface area contributed by atoms with Crippen molar-refractivity contribution in [1.29, 1.82) is 0 Å². The maximum atomic E-state index is 5.99. The van der Waals surface area contributed by atoms with Crippen molar-refractivity contribution in [1.82, 2.24) is 0 Å². The van der Waals surface area contributed by atoms with Gasteiger partial charge in [0.15, 0.2) is 0 Å². The molecule has 0 heterocycles. The maximum Gasteiger partial charge on any atom is 0.0297 e. The van der Waals surface area contributed by atoms with E-state index in [-0.39, 0.29) is 6.04 Å². The van der Waals surface area contributed by atoms with Gasteiger partial charge in [-0.15, -0.1) is 5.73 Å². The average molecular weight is 159 g/mol. The smallest absolute Gasteiger partial charge is 0.0297 e. The second-order valence-electron chi connectivity index (χ2n) is 3.31. The van der Waals surface area contributed by atoms with Crippen LogP contribution in [0.2, 0.25) is 0 Å². The molecular weight excluding hydrogens is 146 g/mol. The van der Waals surface area contributed by atoms with Gasteiger partial charge in [0, 0.05) is 6.04 Å². The fourth-order valence-corrected chi connectivity index (χ4v) is 1.80. The molecule has 0 aromatic heterocycles. The van der Waals surface area contributed by atoms with Gasteiger partial charge in [0.2, 0.25) is 0 Å². The molecule has 0 spiro atoms. The highest BCUT2D eigenvalue weighted by Gasteiger charge is 2.18. The molecular formula is C11H13N. The monoisotopic (exact) mass is 159 g/mol. The minimum absolute atomic E-state index is 0.245. The van der Waals surface area contributed by atoms with Gasteiger partial charge in [0.05, 0.1) is 0 Å². The number of allylic oxidation sites excluding steroid dienone is 3. The number of hydrogen-bond donors (Lipinski definition) is 1. The summed E-state index contributed by atoms with van der Waals surface area (Å²) in [5.41, 5.74) is 11.8. The summed E-state index contributed by atoms with van der Waals surface area (Å²) in [6, 6.07) is 0.245. The van der Waals surface area contributed by atoms with Crippen LogP contribution in [-0.2, 0) is 0 Å². The van der Waals surface area contributed by atoms with Crippen LogP contribution < -0.4 is 5.73 Å². The maximum absolute atomic E-state index is 5.99. The average Bonchev–Trinajstić information content (AvgIpc) is 2.30. The standard InChI is InChI=1S/C11H13N/c12-11-8-4-6-9-5-2-1-3-7-10(9)11/h2-3,5,7,11H,4,6,8,12H2. The quantitative estimate of drug-likeness (QED) is 0.538. The molecule has 0 bridgehead atoms. The highest BCUT2D eigenvalue weighted by molar-refractivity contribution is 5.42. The molecule has 1 saturated carbocycles. The third kappa shape index (κ3) is 1.29. The van der Waals surface area contributed by atoms with Gasteiger partial charge in [0.1, 0.15) is 0 Å². The summed E-state index contributed by atoms with van der Waals surface area (Å²) in [5, 5.41) is 0. The number of fused-ring (bicyclic) bond motifs is 1. The molecule has 1 heteroatoms. The third-order valence-corrected chi connectivity index (χ3v) is 2.47. The van der Waals surface area contributed by atoms with Gasteiger partial charge in [-0.1, -0.05) is 6.08 Å². The molecule has 0 radical (unpaired) electrons. The Bertz CT molecular complexity index is 301. The lowest BCUT2D eigenvalue weighted by atomic mass is 9.86. The molecule has 1 atom stereocenters. The Morgan fingerprint density at radius 1 is 1.33 bits per heavy atom. The topological polar surface area (TPSA) is 26.0 Å². The highest BCUT2D eigenvalue weighted by Crippen LogP contribution is 2.28. The van der Waals surface area contributed by atoms with Crippen LogP contribution in [0.25, 0.3) is 0 Å². The zero-order chi connectivity index (χ0) is 8.39. The number of rotatable bonds is 0. The van der Waals surface area contributed by atoms with Crippen LogP contribution in [-0.4, -0.2) is 6.04 Å². The van der Waals surface area contributed by atoms with E-state index in [1.807, 2.05) is 12.2 Å².